The molecule has 0 saturated carbocycles. The van der Waals surface area contributed by atoms with Crippen LogP contribution in [-0.2, 0) is 11.3 Å². The zero-order chi connectivity index (χ0) is 11.4. The van der Waals surface area contributed by atoms with Crippen molar-refractivity contribution in [3.8, 4) is 0 Å². The SMILES string of the molecule is CC[C@H]1[Se]C[C@@H](OCc2ccccc2)[C@@H]1C. The molecule has 1 saturated heterocycles. The topological polar surface area (TPSA) is 9.23 Å². The van der Waals surface area contributed by atoms with E-state index in [2.05, 4.69) is 44.2 Å². The van der Waals surface area contributed by atoms with Crippen LogP contribution in [0.3, 0.4) is 0 Å². The van der Waals surface area contributed by atoms with E-state index in [4.69, 9.17) is 4.74 Å². The van der Waals surface area contributed by atoms with Gasteiger partial charge >= 0.3 is 105 Å². The van der Waals surface area contributed by atoms with Crippen LogP contribution in [0.2, 0.25) is 10.1 Å². The van der Waals surface area contributed by atoms with Crippen molar-refractivity contribution in [2.24, 2.45) is 5.92 Å². The van der Waals surface area contributed by atoms with E-state index in [-0.39, 0.29) is 0 Å². The molecule has 0 unspecified atom stereocenters. The minimum absolute atomic E-state index is 0.505. The van der Waals surface area contributed by atoms with Crippen LogP contribution in [-0.4, -0.2) is 21.1 Å². The van der Waals surface area contributed by atoms with Gasteiger partial charge < -0.3 is 0 Å². The fourth-order valence-corrected chi connectivity index (χ4v) is 5.48. The number of hydrogen-bond donors (Lipinski definition) is 0. The average Bonchev–Trinajstić information content (AvgIpc) is 2.69. The fraction of sp³-hybridized carbons (Fsp3) is 0.571. The Morgan fingerprint density at radius 3 is 2.69 bits per heavy atom. The van der Waals surface area contributed by atoms with Crippen LogP contribution in [0.5, 0.6) is 0 Å². The van der Waals surface area contributed by atoms with E-state index >= 15 is 0 Å². The van der Waals surface area contributed by atoms with Gasteiger partial charge in [0.25, 0.3) is 0 Å². The van der Waals surface area contributed by atoms with Gasteiger partial charge in [-0.05, 0) is 0 Å². The summed E-state index contributed by atoms with van der Waals surface area (Å²) in [5.41, 5.74) is 1.29. The molecular weight excluding hydrogens is 263 g/mol. The summed E-state index contributed by atoms with van der Waals surface area (Å²) in [5.74, 6) is 0.758. The third kappa shape index (κ3) is 2.88. The second kappa shape index (κ2) is 5.86. The Hall–Kier alpha value is -0.301. The van der Waals surface area contributed by atoms with Gasteiger partial charge in [0.15, 0.2) is 0 Å². The van der Waals surface area contributed by atoms with E-state index in [0.29, 0.717) is 6.10 Å². The molecule has 1 nitrogen and oxygen atoms in total. The molecule has 0 amide bonds. The molecule has 1 aliphatic heterocycles. The van der Waals surface area contributed by atoms with Crippen molar-refractivity contribution in [1.29, 1.82) is 0 Å². The van der Waals surface area contributed by atoms with Gasteiger partial charge in [-0.15, -0.1) is 0 Å². The van der Waals surface area contributed by atoms with Gasteiger partial charge in [0.1, 0.15) is 0 Å². The van der Waals surface area contributed by atoms with E-state index in [1.165, 1.54) is 17.3 Å². The first kappa shape index (κ1) is 12.2. The molecule has 0 bridgehead atoms. The van der Waals surface area contributed by atoms with Crippen molar-refractivity contribution in [2.45, 2.75) is 43.1 Å². The third-order valence-electron chi connectivity index (χ3n) is 3.36. The van der Waals surface area contributed by atoms with Gasteiger partial charge in [0.2, 0.25) is 0 Å². The molecule has 2 rings (SSSR count). The molecule has 1 fully saturated rings. The summed E-state index contributed by atoms with van der Waals surface area (Å²) >= 11 is 0.801. The number of benzene rings is 1. The molecule has 1 aliphatic rings. The Morgan fingerprint density at radius 2 is 2.06 bits per heavy atom. The maximum absolute atomic E-state index is 6.05. The minimum atomic E-state index is 0.505. The Kier molecular flexibility index (Phi) is 4.45. The average molecular weight is 283 g/mol. The normalized spacial score (nSPS) is 29.5. The first-order valence-corrected chi connectivity index (χ1v) is 8.28. The molecule has 0 spiro atoms. The second-order valence-corrected chi connectivity index (χ2v) is 7.14. The first-order chi connectivity index (χ1) is 7.81. The molecule has 2 heteroatoms. The summed E-state index contributed by atoms with van der Waals surface area (Å²) in [6, 6.07) is 10.5. The predicted octanol–water partition coefficient (Wildman–Crippen LogP) is 3.54. The van der Waals surface area contributed by atoms with E-state index < -0.39 is 0 Å². The zero-order valence-electron chi connectivity index (χ0n) is 10.1. The molecule has 1 aromatic rings. The van der Waals surface area contributed by atoms with Crippen molar-refractivity contribution in [3.63, 3.8) is 0 Å². The van der Waals surface area contributed by atoms with Crippen LogP contribution in [0, 0.1) is 5.92 Å². The zero-order valence-corrected chi connectivity index (χ0v) is 11.8. The van der Waals surface area contributed by atoms with E-state index in [1.807, 2.05) is 0 Å². The summed E-state index contributed by atoms with van der Waals surface area (Å²) in [4.78, 5) is 0.938. The van der Waals surface area contributed by atoms with E-state index in [0.717, 1.165) is 32.3 Å². The van der Waals surface area contributed by atoms with E-state index in [1.54, 1.807) is 0 Å². The Bertz CT molecular complexity index is 312. The van der Waals surface area contributed by atoms with Gasteiger partial charge in [0, 0.05) is 0 Å². The van der Waals surface area contributed by atoms with Crippen LogP contribution < -0.4 is 0 Å². The van der Waals surface area contributed by atoms with Crippen LogP contribution in [0.15, 0.2) is 30.3 Å². The maximum atomic E-state index is 6.05. The van der Waals surface area contributed by atoms with Gasteiger partial charge in [-0.1, -0.05) is 0 Å². The molecule has 0 aliphatic carbocycles. The summed E-state index contributed by atoms with van der Waals surface area (Å²) in [6.07, 6.45) is 1.83. The van der Waals surface area contributed by atoms with Crippen molar-refractivity contribution < 1.29 is 4.74 Å². The number of rotatable bonds is 4. The fourth-order valence-electron chi connectivity index (χ4n) is 2.23. The van der Waals surface area contributed by atoms with Crippen LogP contribution in [0.4, 0.5) is 0 Å². The van der Waals surface area contributed by atoms with Crippen molar-refractivity contribution in [3.05, 3.63) is 35.9 Å². The van der Waals surface area contributed by atoms with Gasteiger partial charge in [-0.2, -0.15) is 0 Å². The standard InChI is InChI=1S/C14H20OSe/c1-3-14-11(2)13(10-16-14)15-9-12-7-5-4-6-8-12/h4-8,11,13-14H,3,9-10H2,1-2H3/t11-,13+,14+/m0/s1. The molecule has 1 aromatic carbocycles. The Morgan fingerprint density at radius 1 is 1.31 bits per heavy atom. The van der Waals surface area contributed by atoms with Crippen LogP contribution >= 0.6 is 0 Å². The summed E-state index contributed by atoms with van der Waals surface area (Å²) < 4.78 is 6.05. The van der Waals surface area contributed by atoms with Gasteiger partial charge in [0.05, 0.1) is 0 Å². The van der Waals surface area contributed by atoms with Crippen molar-refractivity contribution in [2.75, 3.05) is 0 Å². The second-order valence-electron chi connectivity index (χ2n) is 4.47. The molecular formula is C14H20OSe. The molecule has 0 N–H and O–H groups in total. The molecule has 0 aromatic heterocycles. The molecule has 0 radical (unpaired) electrons. The predicted molar refractivity (Wildman–Crippen MR) is 68.8 cm³/mol. The van der Waals surface area contributed by atoms with Crippen molar-refractivity contribution >= 4 is 15.0 Å². The monoisotopic (exact) mass is 284 g/mol. The summed E-state index contributed by atoms with van der Waals surface area (Å²) in [5, 5.41) is 1.31. The Balaban J connectivity index is 1.83. The quantitative estimate of drug-likeness (QED) is 0.768. The molecule has 3 atom stereocenters. The van der Waals surface area contributed by atoms with Crippen LogP contribution in [0.25, 0.3) is 0 Å². The van der Waals surface area contributed by atoms with Gasteiger partial charge in [-0.25, -0.2) is 0 Å². The molecule has 1 heterocycles. The molecule has 88 valence electrons. The summed E-state index contributed by atoms with van der Waals surface area (Å²) in [7, 11) is 0. The number of hydrogen-bond acceptors (Lipinski definition) is 1. The Labute approximate surface area is 105 Å². The third-order valence-corrected chi connectivity index (χ3v) is 6.95. The molecule has 16 heavy (non-hydrogen) atoms. The first-order valence-electron chi connectivity index (χ1n) is 6.08. The number of ether oxygens (including phenoxy) is 1. The van der Waals surface area contributed by atoms with Crippen molar-refractivity contribution in [1.82, 2.24) is 0 Å². The summed E-state index contributed by atoms with van der Waals surface area (Å²) in [6.45, 7) is 5.45. The van der Waals surface area contributed by atoms with Gasteiger partial charge in [-0.3, -0.25) is 0 Å². The van der Waals surface area contributed by atoms with E-state index in [9.17, 15) is 0 Å². The van der Waals surface area contributed by atoms with Crippen LogP contribution in [0.1, 0.15) is 25.8 Å².